The zero-order chi connectivity index (χ0) is 19.7. The average molecular weight is 397 g/mol. The predicted molar refractivity (Wildman–Crippen MR) is 112 cm³/mol. The number of benzene rings is 1. The van der Waals surface area contributed by atoms with Gasteiger partial charge in [-0.2, -0.15) is 0 Å². The smallest absolute Gasteiger partial charge is 0.274 e. The summed E-state index contributed by atoms with van der Waals surface area (Å²) in [5, 5.41) is 0.636. The van der Waals surface area contributed by atoms with Gasteiger partial charge in [0.1, 0.15) is 5.65 Å². The van der Waals surface area contributed by atoms with Crippen LogP contribution in [-0.4, -0.2) is 44.7 Å². The molecule has 6 heteroatoms. The summed E-state index contributed by atoms with van der Waals surface area (Å²) >= 11 is 6.23. The molecule has 0 aliphatic carbocycles. The van der Waals surface area contributed by atoms with Crippen LogP contribution in [0, 0.1) is 0 Å². The molecule has 1 aliphatic heterocycles. The molecule has 0 spiro atoms. The third-order valence-electron chi connectivity index (χ3n) is 5.57. The molecule has 0 radical (unpaired) electrons. The fourth-order valence-electron chi connectivity index (χ4n) is 3.87. The highest BCUT2D eigenvalue weighted by molar-refractivity contribution is 6.30. The minimum atomic E-state index is -0.00326. The fraction of sp³-hybridized carbons (Fsp3) is 0.364. The number of amides is 1. The predicted octanol–water partition coefficient (Wildman–Crippen LogP) is 4.03. The van der Waals surface area contributed by atoms with Crippen LogP contribution in [0.4, 0.5) is 0 Å². The fourth-order valence-corrected chi connectivity index (χ4v) is 4.03. The van der Waals surface area contributed by atoms with Gasteiger partial charge in [0.25, 0.3) is 5.91 Å². The molecule has 0 saturated heterocycles. The number of rotatable bonds is 5. The van der Waals surface area contributed by atoms with Crippen molar-refractivity contribution in [3.63, 3.8) is 0 Å². The maximum absolute atomic E-state index is 13.4. The van der Waals surface area contributed by atoms with Crippen molar-refractivity contribution in [3.05, 3.63) is 70.1 Å². The van der Waals surface area contributed by atoms with Gasteiger partial charge >= 0.3 is 0 Å². The zero-order valence-electron chi connectivity index (χ0n) is 16.4. The highest BCUT2D eigenvalue weighted by atomic mass is 35.5. The van der Waals surface area contributed by atoms with Crippen molar-refractivity contribution >= 4 is 23.2 Å². The van der Waals surface area contributed by atoms with E-state index in [1.165, 1.54) is 11.1 Å². The number of aromatic nitrogens is 2. The molecule has 0 unspecified atom stereocenters. The molecule has 2 aromatic heterocycles. The average Bonchev–Trinajstić information content (AvgIpc) is 3.08. The molecule has 1 amide bonds. The molecule has 3 heterocycles. The van der Waals surface area contributed by atoms with Crippen LogP contribution in [0.2, 0.25) is 5.02 Å². The number of carbonyl (C=O) groups excluding carboxylic acids is 1. The molecule has 4 rings (SSSR count). The van der Waals surface area contributed by atoms with Crippen molar-refractivity contribution < 1.29 is 4.79 Å². The van der Waals surface area contributed by atoms with Crippen LogP contribution in [0.1, 0.15) is 41.2 Å². The lowest BCUT2D eigenvalue weighted by Crippen LogP contribution is -2.37. The van der Waals surface area contributed by atoms with E-state index in [4.69, 9.17) is 16.6 Å². The molecule has 5 nitrogen and oxygen atoms in total. The Morgan fingerprint density at radius 3 is 2.64 bits per heavy atom. The van der Waals surface area contributed by atoms with Gasteiger partial charge in [0, 0.05) is 25.8 Å². The molecule has 1 aromatic carbocycles. The summed E-state index contributed by atoms with van der Waals surface area (Å²) in [6.07, 6.45) is 2.73. The summed E-state index contributed by atoms with van der Waals surface area (Å²) in [5.74, 6) is -0.00326. The third kappa shape index (κ3) is 3.52. The molecule has 0 N–H and O–H groups in total. The van der Waals surface area contributed by atoms with Gasteiger partial charge in [0.2, 0.25) is 0 Å². The maximum Gasteiger partial charge on any atom is 0.274 e. The van der Waals surface area contributed by atoms with E-state index in [1.54, 1.807) is 0 Å². The monoisotopic (exact) mass is 396 g/mol. The zero-order valence-corrected chi connectivity index (χ0v) is 17.1. The molecular weight excluding hydrogens is 372 g/mol. The molecule has 0 bridgehead atoms. The van der Waals surface area contributed by atoms with Gasteiger partial charge in [-0.15, -0.1) is 0 Å². The first-order valence-electron chi connectivity index (χ1n) is 9.85. The lowest BCUT2D eigenvalue weighted by molar-refractivity contribution is 0.0727. The highest BCUT2D eigenvalue weighted by Crippen LogP contribution is 2.24. The number of pyridine rings is 1. The first kappa shape index (κ1) is 19.0. The third-order valence-corrected chi connectivity index (χ3v) is 5.79. The van der Waals surface area contributed by atoms with Crippen LogP contribution >= 0.6 is 11.6 Å². The van der Waals surface area contributed by atoms with Gasteiger partial charge in [0.05, 0.1) is 10.7 Å². The Labute approximate surface area is 170 Å². The maximum atomic E-state index is 13.4. The van der Waals surface area contributed by atoms with Crippen LogP contribution in [0.5, 0.6) is 0 Å². The summed E-state index contributed by atoms with van der Waals surface area (Å²) in [7, 11) is 0. The molecule has 0 saturated carbocycles. The minimum absolute atomic E-state index is 0.00326. The Kier molecular flexibility index (Phi) is 5.38. The van der Waals surface area contributed by atoms with Gasteiger partial charge in [0.15, 0.2) is 5.69 Å². The first-order valence-corrected chi connectivity index (χ1v) is 10.2. The highest BCUT2D eigenvalue weighted by Gasteiger charge is 2.27. The second-order valence-corrected chi connectivity index (χ2v) is 7.63. The molecule has 146 valence electrons. The van der Waals surface area contributed by atoms with E-state index in [1.807, 2.05) is 33.7 Å². The topological polar surface area (TPSA) is 40.9 Å². The van der Waals surface area contributed by atoms with Crippen LogP contribution < -0.4 is 0 Å². The Balaban J connectivity index is 1.72. The van der Waals surface area contributed by atoms with Crippen molar-refractivity contribution in [2.75, 3.05) is 19.6 Å². The van der Waals surface area contributed by atoms with Gasteiger partial charge in [-0.1, -0.05) is 49.7 Å². The Morgan fingerprint density at radius 1 is 1.14 bits per heavy atom. The van der Waals surface area contributed by atoms with Gasteiger partial charge in [-0.25, -0.2) is 4.98 Å². The lowest BCUT2D eigenvalue weighted by Gasteiger charge is -2.29. The number of halogens is 1. The number of fused-ring (bicyclic) bond motifs is 2. The summed E-state index contributed by atoms with van der Waals surface area (Å²) in [4.78, 5) is 22.3. The molecule has 0 atom stereocenters. The van der Waals surface area contributed by atoms with Crippen molar-refractivity contribution in [2.24, 2.45) is 0 Å². The Hall–Kier alpha value is -2.37. The quantitative estimate of drug-likeness (QED) is 0.653. The lowest BCUT2D eigenvalue weighted by atomic mass is 9.99. The normalized spacial score (nSPS) is 13.9. The van der Waals surface area contributed by atoms with E-state index in [0.29, 0.717) is 23.8 Å². The number of carbonyl (C=O) groups is 1. The second kappa shape index (κ2) is 7.94. The molecule has 28 heavy (non-hydrogen) atoms. The van der Waals surface area contributed by atoms with E-state index >= 15 is 0 Å². The van der Waals surface area contributed by atoms with Gasteiger partial charge in [-0.05, 0) is 42.8 Å². The van der Waals surface area contributed by atoms with Gasteiger partial charge in [-0.3, -0.25) is 9.69 Å². The summed E-state index contributed by atoms with van der Waals surface area (Å²) in [6.45, 7) is 8.10. The van der Waals surface area contributed by atoms with E-state index in [0.717, 1.165) is 37.4 Å². The standard InChI is InChI=1S/C22H25ClN4O/c1-3-25(4-2)15-19-21(24-20-10-9-18(23)14-27(19)20)22(28)26-12-11-16-7-5-6-8-17(16)13-26/h5-10,14H,3-4,11-13,15H2,1-2H3. The van der Waals surface area contributed by atoms with Gasteiger partial charge < -0.3 is 9.30 Å². The minimum Gasteiger partial charge on any atom is -0.333 e. The van der Waals surface area contributed by atoms with Crippen LogP contribution in [0.25, 0.3) is 5.65 Å². The van der Waals surface area contributed by atoms with E-state index in [9.17, 15) is 4.79 Å². The second-order valence-electron chi connectivity index (χ2n) is 7.19. The van der Waals surface area contributed by atoms with Crippen molar-refractivity contribution in [3.8, 4) is 0 Å². The van der Waals surface area contributed by atoms with Crippen LogP contribution in [0.3, 0.4) is 0 Å². The SMILES string of the molecule is CCN(CC)Cc1c(C(=O)N2CCc3ccccc3C2)nc2ccc(Cl)cn12. The number of nitrogens with zero attached hydrogens (tertiary/aromatic N) is 4. The van der Waals surface area contributed by atoms with E-state index in [-0.39, 0.29) is 5.91 Å². The molecular formula is C22H25ClN4O. The van der Waals surface area contributed by atoms with Crippen LogP contribution in [0.15, 0.2) is 42.6 Å². The molecule has 1 aliphatic rings. The summed E-state index contributed by atoms with van der Waals surface area (Å²) in [5.41, 5.74) is 4.75. The van der Waals surface area contributed by atoms with Crippen LogP contribution in [-0.2, 0) is 19.5 Å². The van der Waals surface area contributed by atoms with Crippen molar-refractivity contribution in [2.45, 2.75) is 33.4 Å². The van der Waals surface area contributed by atoms with E-state index in [2.05, 4.69) is 36.9 Å². The Bertz CT molecular complexity index is 1010. The van der Waals surface area contributed by atoms with Crippen molar-refractivity contribution in [1.29, 1.82) is 0 Å². The Morgan fingerprint density at radius 2 is 1.89 bits per heavy atom. The molecule has 0 fully saturated rings. The number of imidazole rings is 1. The largest absolute Gasteiger partial charge is 0.333 e. The number of hydrogen-bond acceptors (Lipinski definition) is 3. The first-order chi connectivity index (χ1) is 13.6. The van der Waals surface area contributed by atoms with E-state index < -0.39 is 0 Å². The summed E-state index contributed by atoms with van der Waals surface area (Å²) in [6, 6.07) is 12.0. The number of hydrogen-bond donors (Lipinski definition) is 0. The summed E-state index contributed by atoms with van der Waals surface area (Å²) < 4.78 is 1.96. The molecule has 3 aromatic rings. The van der Waals surface area contributed by atoms with Crippen molar-refractivity contribution in [1.82, 2.24) is 19.2 Å².